The number of fused-ring (bicyclic) bond motifs is 3. The number of aryl methyl sites for hydroxylation is 3. The van der Waals surface area contributed by atoms with Crippen LogP contribution >= 0.6 is 11.6 Å². The van der Waals surface area contributed by atoms with Crippen LogP contribution in [0.15, 0.2) is 64.0 Å². The SMILES string of the molecule is CO[C@H]1/C=C/COC(C)(C)C(=O)N=S(=O)(NC(=O)c2cn(C)nc2C)c2ccc3c(c2)N(CCCCc2cc(Cl)ccc2CO3)C[C@@H]2CC[C@H]21. The van der Waals surface area contributed by atoms with Gasteiger partial charge in [0.1, 0.15) is 18.0 Å². The van der Waals surface area contributed by atoms with E-state index >= 15 is 4.21 Å². The number of hydrogen-bond donors (Lipinski definition) is 1. The molecule has 0 spiro atoms. The minimum Gasteiger partial charge on any atom is -0.487 e. The van der Waals surface area contributed by atoms with Gasteiger partial charge in [0, 0.05) is 38.5 Å². The molecule has 6 rings (SSSR count). The molecule has 2 aromatic carbocycles. The number of aromatic nitrogens is 2. The largest absolute Gasteiger partial charge is 0.487 e. The van der Waals surface area contributed by atoms with Crippen molar-refractivity contribution in [2.75, 3.05) is 31.7 Å². The van der Waals surface area contributed by atoms with Gasteiger partial charge < -0.3 is 19.1 Å². The summed E-state index contributed by atoms with van der Waals surface area (Å²) in [6.45, 7) is 6.73. The number of carbonyl (C=O) groups excluding carboxylic acids is 2. The third kappa shape index (κ3) is 7.78. The maximum Gasteiger partial charge on any atom is 0.287 e. The highest BCUT2D eigenvalue weighted by Crippen LogP contribution is 2.42. The fraction of sp³-hybridized carbons (Fsp3) is 0.486. The number of nitrogens with one attached hydrogen (secondary N) is 1. The van der Waals surface area contributed by atoms with Crippen LogP contribution in [0.1, 0.15) is 66.7 Å². The lowest BCUT2D eigenvalue weighted by molar-refractivity contribution is -0.137. The Kier molecular flexibility index (Phi) is 10.7. The molecule has 3 aliphatic rings. The second-order valence-corrected chi connectivity index (χ2v) is 16.2. The normalized spacial score (nSPS) is 26.2. The summed E-state index contributed by atoms with van der Waals surface area (Å²) in [4.78, 5) is 29.9. The third-order valence-corrected chi connectivity index (χ3v) is 12.0. The number of anilines is 1. The van der Waals surface area contributed by atoms with E-state index in [-0.39, 0.29) is 29.1 Å². The Morgan fingerprint density at radius 2 is 1.96 bits per heavy atom. The Labute approximate surface area is 299 Å². The zero-order valence-corrected chi connectivity index (χ0v) is 30.9. The number of rotatable bonds is 3. The van der Waals surface area contributed by atoms with Crippen molar-refractivity contribution in [1.82, 2.24) is 14.5 Å². The highest BCUT2D eigenvalue weighted by Gasteiger charge is 2.38. The highest BCUT2D eigenvalue weighted by atomic mass is 35.5. The Morgan fingerprint density at radius 3 is 2.68 bits per heavy atom. The summed E-state index contributed by atoms with van der Waals surface area (Å²) < 4.78 is 41.9. The van der Waals surface area contributed by atoms with Crippen LogP contribution in [-0.4, -0.2) is 64.3 Å². The van der Waals surface area contributed by atoms with E-state index < -0.39 is 27.3 Å². The minimum atomic E-state index is -3.89. The Balaban J connectivity index is 1.49. The van der Waals surface area contributed by atoms with Crippen molar-refractivity contribution >= 4 is 39.0 Å². The van der Waals surface area contributed by atoms with Gasteiger partial charge in [-0.1, -0.05) is 29.8 Å². The number of hydrogen-bond acceptors (Lipinski definition) is 8. The molecule has 0 radical (unpaired) electrons. The van der Waals surface area contributed by atoms with Crippen molar-refractivity contribution in [1.29, 1.82) is 0 Å². The lowest BCUT2D eigenvalue weighted by Crippen LogP contribution is -2.44. The highest BCUT2D eigenvalue weighted by molar-refractivity contribution is 7.92. The molecule has 11 nitrogen and oxygen atoms in total. The van der Waals surface area contributed by atoms with Crippen LogP contribution in [0.4, 0.5) is 5.69 Å². The lowest BCUT2D eigenvalue weighted by atomic mass is 9.70. The van der Waals surface area contributed by atoms with Gasteiger partial charge in [-0.2, -0.15) is 5.10 Å². The van der Waals surface area contributed by atoms with E-state index in [1.165, 1.54) is 4.68 Å². The van der Waals surface area contributed by atoms with Gasteiger partial charge >= 0.3 is 0 Å². The van der Waals surface area contributed by atoms with Crippen LogP contribution in [0.2, 0.25) is 5.02 Å². The average Bonchev–Trinajstić information content (AvgIpc) is 3.40. The van der Waals surface area contributed by atoms with Gasteiger partial charge in [-0.25, -0.2) is 4.21 Å². The zero-order chi connectivity index (χ0) is 35.6. The standard InChI is InChI=1S/C37H46ClN5O6S/c1-24-31(22-42(4)39-24)35(44)40-50(46)29-14-16-34-32(20-29)43(17-7-6-9-25-19-28(38)13-11-27(25)23-48-34)21-26-12-15-30(26)33(47-5)10-8-18-49-37(2,3)36(45)41-50/h8,10-11,13-14,16,19-20,22,26,30,33H,6-7,9,12,15,17-18,21,23H2,1-5H3,(H,40,41,44,45,46)/b10-8+/t26-,30+,33-,50?/m0/s1. The molecule has 1 saturated carbocycles. The molecule has 2 bridgehead atoms. The molecular weight excluding hydrogens is 678 g/mol. The van der Waals surface area contributed by atoms with Crippen LogP contribution in [0.5, 0.6) is 5.75 Å². The first-order valence-corrected chi connectivity index (χ1v) is 19.0. The molecule has 1 N–H and O–H groups in total. The Bertz CT molecular complexity index is 1920. The molecule has 4 atom stereocenters. The van der Waals surface area contributed by atoms with Crippen molar-refractivity contribution < 1.29 is 28.0 Å². The topological polar surface area (TPSA) is 124 Å². The number of methoxy groups -OCH3 is 1. The number of amides is 2. The fourth-order valence-corrected chi connectivity index (χ4v) is 8.70. The van der Waals surface area contributed by atoms with Gasteiger partial charge in [0.15, 0.2) is 9.92 Å². The lowest BCUT2D eigenvalue weighted by Gasteiger charge is -2.43. The second kappa shape index (κ2) is 14.9. The molecule has 268 valence electrons. The van der Waals surface area contributed by atoms with E-state index in [1.807, 2.05) is 30.4 Å². The van der Waals surface area contributed by atoms with E-state index in [0.717, 1.165) is 55.5 Å². The van der Waals surface area contributed by atoms with Crippen LogP contribution in [0.3, 0.4) is 0 Å². The van der Waals surface area contributed by atoms with E-state index in [2.05, 4.69) is 19.1 Å². The third-order valence-electron chi connectivity index (χ3n) is 9.97. The van der Waals surface area contributed by atoms with Crippen molar-refractivity contribution in [3.8, 4) is 5.75 Å². The molecule has 1 unspecified atom stereocenters. The Morgan fingerprint density at radius 1 is 1.14 bits per heavy atom. The summed E-state index contributed by atoms with van der Waals surface area (Å²) in [5.41, 5.74) is 2.17. The smallest absolute Gasteiger partial charge is 0.287 e. The number of halogens is 1. The number of nitrogens with zero attached hydrogens (tertiary/aromatic N) is 4. The summed E-state index contributed by atoms with van der Waals surface area (Å²) in [6, 6.07) is 11.0. The summed E-state index contributed by atoms with van der Waals surface area (Å²) in [6.07, 6.45) is 10.1. The predicted molar refractivity (Wildman–Crippen MR) is 193 cm³/mol. The van der Waals surface area contributed by atoms with E-state index in [1.54, 1.807) is 59.3 Å². The molecule has 2 amide bonds. The van der Waals surface area contributed by atoms with Gasteiger partial charge in [0.25, 0.3) is 11.8 Å². The van der Waals surface area contributed by atoms with Gasteiger partial charge in [-0.3, -0.25) is 19.0 Å². The first-order valence-electron chi connectivity index (χ1n) is 17.1. The van der Waals surface area contributed by atoms with Crippen molar-refractivity contribution in [2.24, 2.45) is 23.2 Å². The molecule has 0 saturated heterocycles. The number of carbonyl (C=O) groups is 2. The molecule has 1 aliphatic carbocycles. The summed E-state index contributed by atoms with van der Waals surface area (Å²) in [5.74, 6) is -0.207. The van der Waals surface area contributed by atoms with Crippen molar-refractivity contribution in [2.45, 2.75) is 76.1 Å². The fourth-order valence-electron chi connectivity index (χ4n) is 6.90. The molecule has 13 heteroatoms. The van der Waals surface area contributed by atoms with Crippen LogP contribution in [0, 0.1) is 18.8 Å². The number of benzene rings is 2. The van der Waals surface area contributed by atoms with Gasteiger partial charge in [0.05, 0.1) is 34.6 Å². The maximum atomic E-state index is 15.1. The minimum absolute atomic E-state index is 0.108. The molecule has 1 aromatic heterocycles. The Hall–Kier alpha value is -3.71. The molecular formula is C37H46ClN5O6S. The van der Waals surface area contributed by atoms with E-state index in [9.17, 15) is 9.59 Å². The first-order chi connectivity index (χ1) is 23.9. The van der Waals surface area contributed by atoms with Crippen molar-refractivity contribution in [3.63, 3.8) is 0 Å². The summed E-state index contributed by atoms with van der Waals surface area (Å²) in [5, 5.41) is 4.96. The van der Waals surface area contributed by atoms with Gasteiger partial charge in [0.2, 0.25) is 0 Å². The van der Waals surface area contributed by atoms with Crippen molar-refractivity contribution in [3.05, 3.63) is 82.2 Å². The average molecular weight is 724 g/mol. The van der Waals surface area contributed by atoms with Crippen LogP contribution in [-0.2, 0) is 44.3 Å². The quantitative estimate of drug-likeness (QED) is 0.317. The second-order valence-electron chi connectivity index (χ2n) is 13.8. The predicted octanol–water partition coefficient (Wildman–Crippen LogP) is 6.21. The maximum absolute atomic E-state index is 15.1. The molecule has 3 heterocycles. The molecule has 50 heavy (non-hydrogen) atoms. The zero-order valence-electron chi connectivity index (χ0n) is 29.3. The van der Waals surface area contributed by atoms with E-state index in [4.69, 9.17) is 25.8 Å². The van der Waals surface area contributed by atoms with Gasteiger partial charge in [-0.05, 0) is 106 Å². The first kappa shape index (κ1) is 36.1. The number of ether oxygens (including phenoxy) is 3. The van der Waals surface area contributed by atoms with Crippen LogP contribution in [0.25, 0.3) is 0 Å². The summed E-state index contributed by atoms with van der Waals surface area (Å²) >= 11 is 6.38. The molecule has 2 aliphatic heterocycles. The van der Waals surface area contributed by atoms with E-state index in [0.29, 0.717) is 35.5 Å². The molecule has 3 aromatic rings. The van der Waals surface area contributed by atoms with Gasteiger partial charge in [-0.15, -0.1) is 4.36 Å². The summed E-state index contributed by atoms with van der Waals surface area (Å²) in [7, 11) is -0.470. The molecule has 1 fully saturated rings. The van der Waals surface area contributed by atoms with Crippen LogP contribution < -0.4 is 14.4 Å². The monoisotopic (exact) mass is 723 g/mol.